The Bertz CT molecular complexity index is 524. The van der Waals surface area contributed by atoms with Crippen LogP contribution in [-0.2, 0) is 0 Å². The van der Waals surface area contributed by atoms with Crippen molar-refractivity contribution >= 4 is 10.9 Å². The van der Waals surface area contributed by atoms with Gasteiger partial charge in [0.1, 0.15) is 0 Å². The SMILES string of the molecule is CC1(C)C(CN)C1c1ccc2[nH]ccc2c1. The van der Waals surface area contributed by atoms with Crippen LogP contribution in [0.2, 0.25) is 0 Å². The van der Waals surface area contributed by atoms with Crippen LogP contribution in [0.25, 0.3) is 10.9 Å². The van der Waals surface area contributed by atoms with E-state index in [9.17, 15) is 0 Å². The normalized spacial score (nSPS) is 27.2. The molecule has 0 aliphatic heterocycles. The van der Waals surface area contributed by atoms with E-state index in [1.54, 1.807) is 0 Å². The fraction of sp³-hybridized carbons (Fsp3) is 0.429. The van der Waals surface area contributed by atoms with Gasteiger partial charge in [0, 0.05) is 11.7 Å². The largest absolute Gasteiger partial charge is 0.361 e. The molecule has 3 N–H and O–H groups in total. The molecule has 3 rings (SSSR count). The van der Waals surface area contributed by atoms with Gasteiger partial charge in [0.15, 0.2) is 0 Å². The Morgan fingerprint density at radius 2 is 2.12 bits per heavy atom. The summed E-state index contributed by atoms with van der Waals surface area (Å²) in [5.74, 6) is 1.28. The van der Waals surface area contributed by atoms with E-state index in [1.165, 1.54) is 16.5 Å². The van der Waals surface area contributed by atoms with Crippen LogP contribution in [0, 0.1) is 11.3 Å². The average Bonchev–Trinajstić information content (AvgIpc) is 2.62. The molecule has 1 aliphatic carbocycles. The van der Waals surface area contributed by atoms with Crippen molar-refractivity contribution in [1.29, 1.82) is 0 Å². The lowest BCUT2D eigenvalue weighted by Gasteiger charge is -2.03. The molecule has 1 aromatic carbocycles. The van der Waals surface area contributed by atoms with Crippen LogP contribution in [-0.4, -0.2) is 11.5 Å². The molecule has 1 heterocycles. The molecule has 1 aromatic heterocycles. The summed E-state index contributed by atoms with van der Waals surface area (Å²) in [6, 6.07) is 8.84. The summed E-state index contributed by atoms with van der Waals surface area (Å²) in [7, 11) is 0. The third kappa shape index (κ3) is 1.23. The Morgan fingerprint density at radius 3 is 2.81 bits per heavy atom. The van der Waals surface area contributed by atoms with Gasteiger partial charge >= 0.3 is 0 Å². The first-order chi connectivity index (χ1) is 7.64. The Kier molecular flexibility index (Phi) is 1.93. The first kappa shape index (κ1) is 9.91. The molecule has 0 saturated heterocycles. The van der Waals surface area contributed by atoms with E-state index in [1.807, 2.05) is 6.20 Å². The number of nitrogens with two attached hydrogens (primary N) is 1. The Morgan fingerprint density at radius 1 is 1.31 bits per heavy atom. The molecule has 0 amide bonds. The molecule has 16 heavy (non-hydrogen) atoms. The predicted molar refractivity (Wildman–Crippen MR) is 67.4 cm³/mol. The van der Waals surface area contributed by atoms with E-state index in [-0.39, 0.29) is 0 Å². The molecule has 2 unspecified atom stereocenters. The van der Waals surface area contributed by atoms with Gasteiger partial charge in [-0.15, -0.1) is 0 Å². The number of hydrogen-bond donors (Lipinski definition) is 2. The Hall–Kier alpha value is -1.28. The van der Waals surface area contributed by atoms with E-state index in [0.717, 1.165) is 6.54 Å². The average molecular weight is 214 g/mol. The maximum absolute atomic E-state index is 5.82. The minimum Gasteiger partial charge on any atom is -0.361 e. The highest BCUT2D eigenvalue weighted by atomic mass is 14.7. The summed E-state index contributed by atoms with van der Waals surface area (Å²) in [5.41, 5.74) is 8.85. The van der Waals surface area contributed by atoms with Crippen LogP contribution < -0.4 is 5.73 Å². The van der Waals surface area contributed by atoms with Gasteiger partial charge in [0.25, 0.3) is 0 Å². The van der Waals surface area contributed by atoms with Gasteiger partial charge in [-0.2, -0.15) is 0 Å². The van der Waals surface area contributed by atoms with Gasteiger partial charge in [-0.3, -0.25) is 0 Å². The fourth-order valence-electron chi connectivity index (χ4n) is 3.11. The molecule has 0 radical (unpaired) electrons. The molecular weight excluding hydrogens is 196 g/mol. The van der Waals surface area contributed by atoms with Crippen molar-refractivity contribution in [2.75, 3.05) is 6.54 Å². The molecule has 2 aromatic rings. The van der Waals surface area contributed by atoms with E-state index in [2.05, 4.69) is 43.1 Å². The summed E-state index contributed by atoms with van der Waals surface area (Å²) in [5, 5.41) is 1.30. The second-order valence-corrected chi connectivity index (χ2v) is 5.47. The topological polar surface area (TPSA) is 41.8 Å². The number of rotatable bonds is 2. The number of fused-ring (bicyclic) bond motifs is 1. The monoisotopic (exact) mass is 214 g/mol. The lowest BCUT2D eigenvalue weighted by Crippen LogP contribution is -2.05. The van der Waals surface area contributed by atoms with Gasteiger partial charge in [0.05, 0.1) is 0 Å². The van der Waals surface area contributed by atoms with Crippen LogP contribution in [0.4, 0.5) is 0 Å². The van der Waals surface area contributed by atoms with E-state index in [0.29, 0.717) is 17.3 Å². The zero-order valence-corrected chi connectivity index (χ0v) is 9.83. The molecule has 1 aliphatic rings. The Labute approximate surface area is 95.8 Å². The summed E-state index contributed by atoms with van der Waals surface area (Å²) in [6.45, 7) is 5.43. The lowest BCUT2D eigenvalue weighted by atomic mass is 10.0. The molecular formula is C14H18N2. The van der Waals surface area contributed by atoms with Gasteiger partial charge in [-0.1, -0.05) is 19.9 Å². The van der Waals surface area contributed by atoms with Crippen LogP contribution in [0.3, 0.4) is 0 Å². The molecule has 84 valence electrons. The summed E-state index contributed by atoms with van der Waals surface area (Å²) in [6.07, 6.45) is 1.99. The minimum atomic E-state index is 0.374. The van der Waals surface area contributed by atoms with Crippen LogP contribution in [0.15, 0.2) is 30.5 Å². The fourth-order valence-corrected chi connectivity index (χ4v) is 3.11. The van der Waals surface area contributed by atoms with Gasteiger partial charge in [-0.25, -0.2) is 0 Å². The van der Waals surface area contributed by atoms with Crippen LogP contribution in [0.1, 0.15) is 25.3 Å². The van der Waals surface area contributed by atoms with Crippen molar-refractivity contribution in [2.45, 2.75) is 19.8 Å². The standard InChI is InChI=1S/C14H18N2/c1-14(2)11(8-15)13(14)10-3-4-12-9(7-10)5-6-16-12/h3-7,11,13,16H,8,15H2,1-2H3. The Balaban J connectivity index is 2.01. The highest BCUT2D eigenvalue weighted by molar-refractivity contribution is 5.80. The molecule has 1 fully saturated rings. The van der Waals surface area contributed by atoms with E-state index in [4.69, 9.17) is 5.73 Å². The van der Waals surface area contributed by atoms with Gasteiger partial charge < -0.3 is 10.7 Å². The molecule has 0 spiro atoms. The predicted octanol–water partition coefficient (Wildman–Crippen LogP) is 2.87. The molecule has 2 heteroatoms. The number of nitrogens with one attached hydrogen (secondary N) is 1. The number of hydrogen-bond acceptors (Lipinski definition) is 1. The molecule has 0 bridgehead atoms. The summed E-state index contributed by atoms with van der Waals surface area (Å²) < 4.78 is 0. The molecule has 2 nitrogen and oxygen atoms in total. The summed E-state index contributed by atoms with van der Waals surface area (Å²) >= 11 is 0. The smallest absolute Gasteiger partial charge is 0.0454 e. The second kappa shape index (κ2) is 3.11. The quantitative estimate of drug-likeness (QED) is 0.793. The van der Waals surface area contributed by atoms with Crippen molar-refractivity contribution in [2.24, 2.45) is 17.1 Å². The number of aromatic nitrogens is 1. The van der Waals surface area contributed by atoms with Crippen molar-refractivity contribution in [3.8, 4) is 0 Å². The van der Waals surface area contributed by atoms with Crippen molar-refractivity contribution in [3.63, 3.8) is 0 Å². The number of aromatic amines is 1. The third-order valence-electron chi connectivity index (χ3n) is 4.24. The van der Waals surface area contributed by atoms with E-state index >= 15 is 0 Å². The highest BCUT2D eigenvalue weighted by Gasteiger charge is 2.57. The maximum atomic E-state index is 5.82. The number of H-pyrrole nitrogens is 1. The molecule has 2 atom stereocenters. The zero-order valence-electron chi connectivity index (χ0n) is 9.83. The molecule has 1 saturated carbocycles. The third-order valence-corrected chi connectivity index (χ3v) is 4.24. The second-order valence-electron chi connectivity index (χ2n) is 5.47. The highest BCUT2D eigenvalue weighted by Crippen LogP contribution is 2.63. The number of benzene rings is 1. The first-order valence-corrected chi connectivity index (χ1v) is 5.91. The first-order valence-electron chi connectivity index (χ1n) is 5.91. The van der Waals surface area contributed by atoms with Crippen LogP contribution in [0.5, 0.6) is 0 Å². The van der Waals surface area contributed by atoms with Crippen molar-refractivity contribution < 1.29 is 0 Å². The van der Waals surface area contributed by atoms with Crippen LogP contribution >= 0.6 is 0 Å². The van der Waals surface area contributed by atoms with Gasteiger partial charge in [-0.05, 0) is 52.9 Å². The van der Waals surface area contributed by atoms with Crippen molar-refractivity contribution in [3.05, 3.63) is 36.0 Å². The lowest BCUT2D eigenvalue weighted by molar-refractivity contribution is 0.558. The zero-order chi connectivity index (χ0) is 11.3. The van der Waals surface area contributed by atoms with E-state index < -0.39 is 0 Å². The van der Waals surface area contributed by atoms with Gasteiger partial charge in [0.2, 0.25) is 0 Å². The summed E-state index contributed by atoms with van der Waals surface area (Å²) in [4.78, 5) is 3.23. The maximum Gasteiger partial charge on any atom is 0.0454 e. The minimum absolute atomic E-state index is 0.374. The van der Waals surface area contributed by atoms with Crippen molar-refractivity contribution in [1.82, 2.24) is 4.98 Å².